The minimum atomic E-state index is -1.13. The minimum Gasteiger partial charge on any atom is -0.481 e. The van der Waals surface area contributed by atoms with E-state index in [-0.39, 0.29) is 11.5 Å². The maximum Gasteiger partial charge on any atom is 0.332 e. The van der Waals surface area contributed by atoms with Crippen molar-refractivity contribution in [3.05, 3.63) is 23.8 Å². The number of alkyl halides is 1. The molecule has 0 aliphatic heterocycles. The van der Waals surface area contributed by atoms with Gasteiger partial charge in [-0.05, 0) is 0 Å². The molecule has 0 fully saturated rings. The molecule has 0 aromatic carbocycles. The number of halogens is 1. The molecule has 0 radical (unpaired) electrons. The Morgan fingerprint density at radius 1 is 1.53 bits per heavy atom. The van der Waals surface area contributed by atoms with Crippen LogP contribution in [0.5, 0.6) is 0 Å². The fraction of sp³-hybridized carbons (Fsp3) is 0.400. The number of carbonyl (C=O) groups is 2. The molecule has 0 saturated heterocycles. The van der Waals surface area contributed by atoms with E-state index >= 15 is 0 Å². The van der Waals surface area contributed by atoms with Crippen LogP contribution in [0, 0.1) is 11.3 Å². The predicted octanol–water partition coefficient (Wildman–Crippen LogP) is 1.51. The van der Waals surface area contributed by atoms with Gasteiger partial charge in [0.05, 0.1) is 5.92 Å². The zero-order valence-electron chi connectivity index (χ0n) is 8.11. The zero-order valence-corrected chi connectivity index (χ0v) is 8.86. The molecule has 0 aromatic heterocycles. The Bertz CT molecular complexity index is 358. The van der Waals surface area contributed by atoms with E-state index in [9.17, 15) is 9.59 Å². The number of carboxylic acid groups (broad SMARTS) is 2. The van der Waals surface area contributed by atoms with E-state index in [0.717, 1.165) is 0 Å². The second kappa shape index (κ2) is 4.06. The van der Waals surface area contributed by atoms with Crippen molar-refractivity contribution in [2.45, 2.75) is 6.92 Å². The van der Waals surface area contributed by atoms with Crippen LogP contribution in [-0.2, 0) is 9.59 Å². The minimum absolute atomic E-state index is 0.0346. The SMILES string of the molecule is CC1(CCl)C(C(=O)O)=CC=CC1C(=O)O. The van der Waals surface area contributed by atoms with E-state index in [2.05, 4.69) is 0 Å². The van der Waals surface area contributed by atoms with E-state index in [1.54, 1.807) is 6.92 Å². The molecular formula is C10H11ClO4. The van der Waals surface area contributed by atoms with Crippen LogP contribution in [-0.4, -0.2) is 28.0 Å². The number of rotatable bonds is 3. The summed E-state index contributed by atoms with van der Waals surface area (Å²) in [6.07, 6.45) is 4.29. The lowest BCUT2D eigenvalue weighted by molar-refractivity contribution is -0.143. The van der Waals surface area contributed by atoms with E-state index in [1.807, 2.05) is 0 Å². The summed E-state index contributed by atoms with van der Waals surface area (Å²) in [6.45, 7) is 1.54. The molecule has 2 unspecified atom stereocenters. The molecule has 0 spiro atoms. The van der Waals surface area contributed by atoms with Gasteiger partial charge >= 0.3 is 11.9 Å². The van der Waals surface area contributed by atoms with Crippen molar-refractivity contribution < 1.29 is 19.8 Å². The average Bonchev–Trinajstić information content (AvgIpc) is 2.17. The molecule has 2 atom stereocenters. The largest absolute Gasteiger partial charge is 0.481 e. The van der Waals surface area contributed by atoms with E-state index in [0.29, 0.717) is 0 Å². The summed E-state index contributed by atoms with van der Waals surface area (Å²) < 4.78 is 0. The molecule has 0 saturated carbocycles. The first-order valence-corrected chi connectivity index (χ1v) is 4.88. The Morgan fingerprint density at radius 3 is 2.53 bits per heavy atom. The van der Waals surface area contributed by atoms with Gasteiger partial charge in [0.15, 0.2) is 0 Å². The first-order chi connectivity index (χ1) is 6.93. The lowest BCUT2D eigenvalue weighted by Crippen LogP contribution is -2.39. The summed E-state index contributed by atoms with van der Waals surface area (Å²) in [4.78, 5) is 21.9. The molecule has 0 heterocycles. The van der Waals surface area contributed by atoms with Gasteiger partial charge < -0.3 is 10.2 Å². The molecule has 1 aliphatic carbocycles. The molecule has 1 rings (SSSR count). The molecule has 1 aliphatic rings. The highest BCUT2D eigenvalue weighted by molar-refractivity contribution is 6.19. The van der Waals surface area contributed by atoms with Gasteiger partial charge in [0.1, 0.15) is 0 Å². The number of allylic oxidation sites excluding steroid dienone is 2. The van der Waals surface area contributed by atoms with E-state index in [1.165, 1.54) is 18.2 Å². The lowest BCUT2D eigenvalue weighted by atomic mass is 9.70. The Balaban J connectivity index is 3.20. The first-order valence-electron chi connectivity index (χ1n) is 4.34. The molecule has 4 nitrogen and oxygen atoms in total. The molecule has 0 aromatic rings. The molecule has 5 heteroatoms. The predicted molar refractivity (Wildman–Crippen MR) is 54.8 cm³/mol. The van der Waals surface area contributed by atoms with Crippen LogP contribution >= 0.6 is 11.6 Å². The van der Waals surface area contributed by atoms with Crippen LogP contribution < -0.4 is 0 Å². The van der Waals surface area contributed by atoms with Gasteiger partial charge in [-0.25, -0.2) is 4.79 Å². The fourth-order valence-corrected chi connectivity index (χ4v) is 1.97. The summed E-state index contributed by atoms with van der Waals surface area (Å²) in [5, 5.41) is 17.9. The number of hydrogen-bond donors (Lipinski definition) is 2. The number of hydrogen-bond acceptors (Lipinski definition) is 2. The first kappa shape index (κ1) is 11.8. The van der Waals surface area contributed by atoms with Crippen molar-refractivity contribution in [2.24, 2.45) is 11.3 Å². The number of carboxylic acids is 2. The topological polar surface area (TPSA) is 74.6 Å². The van der Waals surface area contributed by atoms with Crippen molar-refractivity contribution in [3.63, 3.8) is 0 Å². The molecular weight excluding hydrogens is 220 g/mol. The third kappa shape index (κ3) is 1.90. The van der Waals surface area contributed by atoms with Gasteiger partial charge in [0.25, 0.3) is 0 Å². The summed E-state index contributed by atoms with van der Waals surface area (Å²) in [5.41, 5.74) is -1.03. The Labute approximate surface area is 91.9 Å². The van der Waals surface area contributed by atoms with Crippen LogP contribution in [0.4, 0.5) is 0 Å². The van der Waals surface area contributed by atoms with Crippen LogP contribution in [0.15, 0.2) is 23.8 Å². The van der Waals surface area contributed by atoms with Crippen molar-refractivity contribution in [1.29, 1.82) is 0 Å². The monoisotopic (exact) mass is 230 g/mol. The smallest absolute Gasteiger partial charge is 0.332 e. The summed E-state index contributed by atoms with van der Waals surface area (Å²) in [7, 11) is 0. The normalized spacial score (nSPS) is 29.7. The van der Waals surface area contributed by atoms with Crippen LogP contribution in [0.1, 0.15) is 6.92 Å². The van der Waals surface area contributed by atoms with E-state index < -0.39 is 23.3 Å². The summed E-state index contributed by atoms with van der Waals surface area (Å²) in [6, 6.07) is 0. The average molecular weight is 231 g/mol. The van der Waals surface area contributed by atoms with Crippen LogP contribution in [0.3, 0.4) is 0 Å². The Kier molecular flexibility index (Phi) is 3.19. The molecule has 0 bridgehead atoms. The maximum atomic E-state index is 11.0. The van der Waals surface area contributed by atoms with Crippen LogP contribution in [0.25, 0.3) is 0 Å². The molecule has 0 amide bonds. The van der Waals surface area contributed by atoms with Crippen molar-refractivity contribution in [3.8, 4) is 0 Å². The Hall–Kier alpha value is -1.29. The van der Waals surface area contributed by atoms with Gasteiger partial charge in [0.2, 0.25) is 0 Å². The van der Waals surface area contributed by atoms with Crippen molar-refractivity contribution in [1.82, 2.24) is 0 Å². The van der Waals surface area contributed by atoms with Gasteiger partial charge in [-0.3, -0.25) is 4.79 Å². The van der Waals surface area contributed by atoms with Gasteiger partial charge in [-0.1, -0.05) is 25.2 Å². The third-order valence-electron chi connectivity index (χ3n) is 2.64. The Morgan fingerprint density at radius 2 is 2.13 bits per heavy atom. The van der Waals surface area contributed by atoms with Gasteiger partial charge in [-0.2, -0.15) is 0 Å². The highest BCUT2D eigenvalue weighted by atomic mass is 35.5. The van der Waals surface area contributed by atoms with Gasteiger partial charge in [0, 0.05) is 16.9 Å². The summed E-state index contributed by atoms with van der Waals surface area (Å²) in [5.74, 6) is -3.15. The maximum absolute atomic E-state index is 11.0. The summed E-state index contributed by atoms with van der Waals surface area (Å²) >= 11 is 5.70. The van der Waals surface area contributed by atoms with Gasteiger partial charge in [-0.15, -0.1) is 11.6 Å². The van der Waals surface area contributed by atoms with Crippen molar-refractivity contribution in [2.75, 3.05) is 5.88 Å². The third-order valence-corrected chi connectivity index (χ3v) is 3.20. The second-order valence-corrected chi connectivity index (χ2v) is 3.90. The standard InChI is InChI=1S/C10H11ClO4/c1-10(5-11)6(8(12)13)3-2-4-7(10)9(14)15/h2-4,6H,5H2,1H3,(H,12,13)(H,14,15). The molecule has 82 valence electrons. The van der Waals surface area contributed by atoms with Crippen molar-refractivity contribution >= 4 is 23.5 Å². The van der Waals surface area contributed by atoms with Crippen LogP contribution in [0.2, 0.25) is 0 Å². The van der Waals surface area contributed by atoms with E-state index in [4.69, 9.17) is 21.8 Å². The molecule has 15 heavy (non-hydrogen) atoms. The zero-order chi connectivity index (χ0) is 11.6. The highest BCUT2D eigenvalue weighted by Gasteiger charge is 2.44. The lowest BCUT2D eigenvalue weighted by Gasteiger charge is -2.34. The molecule has 2 N–H and O–H groups in total. The quantitative estimate of drug-likeness (QED) is 0.721. The number of aliphatic carboxylic acids is 2. The fourth-order valence-electron chi connectivity index (χ4n) is 1.66. The second-order valence-electron chi connectivity index (χ2n) is 3.64. The highest BCUT2D eigenvalue weighted by Crippen LogP contribution is 2.40.